The summed E-state index contributed by atoms with van der Waals surface area (Å²) in [6.07, 6.45) is 0. The van der Waals surface area contributed by atoms with Crippen LogP contribution in [0.4, 0.5) is 5.95 Å². The highest BCUT2D eigenvalue weighted by atomic mass is 35.5. The first kappa shape index (κ1) is 14.1. The van der Waals surface area contributed by atoms with E-state index in [4.69, 9.17) is 27.9 Å². The molecule has 0 atom stereocenters. The van der Waals surface area contributed by atoms with Crippen LogP contribution in [0.25, 0.3) is 11.0 Å². The number of carbonyl (C=O) groups excluding carboxylic acids is 1. The molecule has 0 bridgehead atoms. The third-order valence-corrected chi connectivity index (χ3v) is 3.54. The Bertz CT molecular complexity index is 598. The number of nitrogens with one attached hydrogen (secondary N) is 2. The minimum absolute atomic E-state index is 0.300. The van der Waals surface area contributed by atoms with Crippen LogP contribution in [0.15, 0.2) is 12.1 Å². The highest BCUT2D eigenvalue weighted by Gasteiger charge is 2.27. The molecule has 0 unspecified atom stereocenters. The number of imidazole rings is 1. The topological polar surface area (TPSA) is 67.0 Å². The second-order valence-electron chi connectivity index (χ2n) is 4.54. The zero-order valence-corrected chi connectivity index (χ0v) is 12.2. The molecule has 0 aliphatic carbocycles. The fourth-order valence-electron chi connectivity index (χ4n) is 1.41. The molecule has 5 nitrogen and oxygen atoms in total. The molecule has 0 fully saturated rings. The molecule has 0 saturated heterocycles. The van der Waals surface area contributed by atoms with Gasteiger partial charge in [0.15, 0.2) is 0 Å². The Labute approximate surface area is 120 Å². The first-order chi connectivity index (χ1) is 8.83. The van der Waals surface area contributed by atoms with Crippen LogP contribution >= 0.6 is 23.2 Å². The molecule has 2 rings (SSSR count). The van der Waals surface area contributed by atoms with E-state index in [1.807, 2.05) is 0 Å². The molecule has 0 aliphatic heterocycles. The number of aromatic nitrogens is 2. The van der Waals surface area contributed by atoms with Crippen LogP contribution in [-0.4, -0.2) is 28.6 Å². The van der Waals surface area contributed by atoms with E-state index in [1.165, 1.54) is 7.11 Å². The standard InChI is InChI=1S/C12H13Cl2N3O2/c1-12(2,19-3)10(18)17-11-15-8-4-6(13)7(14)5-9(8)16-11/h4-5H,1-3H3,(H2,15,16,17,18). The van der Waals surface area contributed by atoms with Crippen molar-refractivity contribution in [3.63, 3.8) is 0 Å². The predicted molar refractivity (Wildman–Crippen MR) is 75.8 cm³/mol. The van der Waals surface area contributed by atoms with Crippen LogP contribution in [0.3, 0.4) is 0 Å². The summed E-state index contributed by atoms with van der Waals surface area (Å²) in [5, 5.41) is 3.48. The lowest BCUT2D eigenvalue weighted by Crippen LogP contribution is -2.39. The Hall–Kier alpha value is -1.30. The van der Waals surface area contributed by atoms with Crippen LogP contribution in [0.2, 0.25) is 10.0 Å². The van der Waals surface area contributed by atoms with E-state index in [9.17, 15) is 4.79 Å². The predicted octanol–water partition coefficient (Wildman–Crippen LogP) is 3.23. The van der Waals surface area contributed by atoms with Gasteiger partial charge in [-0.15, -0.1) is 0 Å². The monoisotopic (exact) mass is 301 g/mol. The Morgan fingerprint density at radius 1 is 1.37 bits per heavy atom. The molecular formula is C12H13Cl2N3O2. The van der Waals surface area contributed by atoms with E-state index in [2.05, 4.69) is 15.3 Å². The maximum atomic E-state index is 11.9. The molecule has 0 radical (unpaired) electrons. The van der Waals surface area contributed by atoms with Crippen molar-refractivity contribution in [2.45, 2.75) is 19.4 Å². The molecule has 7 heteroatoms. The Morgan fingerprint density at radius 2 is 2.00 bits per heavy atom. The number of amides is 1. The Kier molecular flexibility index (Phi) is 3.71. The second-order valence-corrected chi connectivity index (χ2v) is 5.35. The van der Waals surface area contributed by atoms with E-state index in [-0.39, 0.29) is 5.91 Å². The fourth-order valence-corrected chi connectivity index (χ4v) is 1.74. The smallest absolute Gasteiger partial charge is 0.258 e. The number of benzene rings is 1. The molecule has 0 saturated carbocycles. The van der Waals surface area contributed by atoms with Crippen LogP contribution < -0.4 is 5.32 Å². The van der Waals surface area contributed by atoms with Gasteiger partial charge >= 0.3 is 0 Å². The second kappa shape index (κ2) is 5.00. The number of nitrogens with zero attached hydrogens (tertiary/aromatic N) is 1. The van der Waals surface area contributed by atoms with Crippen molar-refractivity contribution >= 4 is 46.1 Å². The third-order valence-electron chi connectivity index (χ3n) is 2.81. The van der Waals surface area contributed by atoms with Gasteiger partial charge in [-0.3, -0.25) is 10.1 Å². The molecule has 19 heavy (non-hydrogen) atoms. The van der Waals surface area contributed by atoms with Crippen LogP contribution in [0, 0.1) is 0 Å². The van der Waals surface area contributed by atoms with Gasteiger partial charge in [0.05, 0.1) is 21.1 Å². The largest absolute Gasteiger partial charge is 0.369 e. The quantitative estimate of drug-likeness (QED) is 0.914. The minimum Gasteiger partial charge on any atom is -0.369 e. The molecule has 1 amide bonds. The average Bonchev–Trinajstić information content (AvgIpc) is 2.71. The van der Waals surface area contributed by atoms with Gasteiger partial charge in [0, 0.05) is 7.11 Å². The molecule has 1 aromatic heterocycles. The summed E-state index contributed by atoms with van der Waals surface area (Å²) < 4.78 is 5.09. The summed E-state index contributed by atoms with van der Waals surface area (Å²) >= 11 is 11.8. The lowest BCUT2D eigenvalue weighted by Gasteiger charge is -2.20. The summed E-state index contributed by atoms with van der Waals surface area (Å²) in [5.74, 6) is 0.0229. The first-order valence-corrected chi connectivity index (χ1v) is 6.30. The molecule has 2 aromatic rings. The van der Waals surface area contributed by atoms with Crippen LogP contribution in [0.5, 0.6) is 0 Å². The number of aromatic amines is 1. The third kappa shape index (κ3) is 2.83. The number of methoxy groups -OCH3 is 1. The molecule has 102 valence electrons. The van der Waals surface area contributed by atoms with E-state index in [1.54, 1.807) is 26.0 Å². The van der Waals surface area contributed by atoms with Gasteiger partial charge in [0.2, 0.25) is 5.95 Å². The molecule has 1 aromatic carbocycles. The van der Waals surface area contributed by atoms with Gasteiger partial charge in [0.25, 0.3) is 5.91 Å². The zero-order chi connectivity index (χ0) is 14.2. The van der Waals surface area contributed by atoms with Gasteiger partial charge in [-0.05, 0) is 26.0 Å². The van der Waals surface area contributed by atoms with E-state index < -0.39 is 5.60 Å². The van der Waals surface area contributed by atoms with Crippen molar-refractivity contribution in [3.8, 4) is 0 Å². The van der Waals surface area contributed by atoms with Crippen LogP contribution in [-0.2, 0) is 9.53 Å². The highest BCUT2D eigenvalue weighted by molar-refractivity contribution is 6.42. The fraction of sp³-hybridized carbons (Fsp3) is 0.333. The Morgan fingerprint density at radius 3 is 2.63 bits per heavy atom. The molecule has 0 aliphatic rings. The van der Waals surface area contributed by atoms with Crippen LogP contribution in [0.1, 0.15) is 13.8 Å². The van der Waals surface area contributed by atoms with Crippen molar-refractivity contribution in [1.29, 1.82) is 0 Å². The van der Waals surface area contributed by atoms with Crippen molar-refractivity contribution in [3.05, 3.63) is 22.2 Å². The number of halogens is 2. The number of rotatable bonds is 3. The number of hydrogen-bond acceptors (Lipinski definition) is 3. The van der Waals surface area contributed by atoms with E-state index in [0.717, 1.165) is 0 Å². The maximum absolute atomic E-state index is 11.9. The normalized spacial score (nSPS) is 11.8. The zero-order valence-electron chi connectivity index (χ0n) is 10.7. The highest BCUT2D eigenvalue weighted by Crippen LogP contribution is 2.27. The van der Waals surface area contributed by atoms with E-state index in [0.29, 0.717) is 27.0 Å². The summed E-state index contributed by atoms with van der Waals surface area (Å²) in [7, 11) is 1.47. The average molecular weight is 302 g/mol. The number of ether oxygens (including phenoxy) is 1. The molecule has 2 N–H and O–H groups in total. The number of fused-ring (bicyclic) bond motifs is 1. The van der Waals surface area contributed by atoms with Crippen molar-refractivity contribution in [1.82, 2.24) is 9.97 Å². The molecule has 0 spiro atoms. The first-order valence-electron chi connectivity index (χ1n) is 5.55. The molecule has 1 heterocycles. The Balaban J connectivity index is 2.30. The lowest BCUT2D eigenvalue weighted by atomic mass is 10.1. The van der Waals surface area contributed by atoms with Gasteiger partial charge < -0.3 is 9.72 Å². The van der Waals surface area contributed by atoms with Crippen molar-refractivity contribution in [2.24, 2.45) is 0 Å². The number of carbonyl (C=O) groups is 1. The maximum Gasteiger partial charge on any atom is 0.258 e. The minimum atomic E-state index is -0.936. The van der Waals surface area contributed by atoms with E-state index >= 15 is 0 Å². The van der Waals surface area contributed by atoms with Gasteiger partial charge in [0.1, 0.15) is 5.60 Å². The van der Waals surface area contributed by atoms with Gasteiger partial charge in [-0.2, -0.15) is 0 Å². The summed E-state index contributed by atoms with van der Waals surface area (Å²) in [5.41, 5.74) is 0.383. The number of anilines is 1. The lowest BCUT2D eigenvalue weighted by molar-refractivity contribution is -0.133. The van der Waals surface area contributed by atoms with Gasteiger partial charge in [-0.25, -0.2) is 4.98 Å². The van der Waals surface area contributed by atoms with Gasteiger partial charge in [-0.1, -0.05) is 23.2 Å². The summed E-state index contributed by atoms with van der Waals surface area (Å²) in [6.45, 7) is 3.33. The molecular weight excluding hydrogens is 289 g/mol. The summed E-state index contributed by atoms with van der Waals surface area (Å²) in [4.78, 5) is 19.1. The van der Waals surface area contributed by atoms with Crippen molar-refractivity contribution < 1.29 is 9.53 Å². The number of H-pyrrole nitrogens is 1. The SMILES string of the molecule is COC(C)(C)C(=O)Nc1nc2cc(Cl)c(Cl)cc2[nH]1. The van der Waals surface area contributed by atoms with Crippen molar-refractivity contribution in [2.75, 3.05) is 12.4 Å². The summed E-state index contributed by atoms with van der Waals surface area (Å²) in [6, 6.07) is 3.29. The number of hydrogen-bond donors (Lipinski definition) is 2.